The van der Waals surface area contributed by atoms with E-state index in [2.05, 4.69) is 5.32 Å². The van der Waals surface area contributed by atoms with E-state index in [4.69, 9.17) is 23.2 Å². The second-order valence-electron chi connectivity index (χ2n) is 9.77. The third-order valence-corrected chi connectivity index (χ3v) is 8.30. The molecule has 1 N–H and O–H groups in total. The van der Waals surface area contributed by atoms with E-state index in [0.717, 1.165) is 15.4 Å². The van der Waals surface area contributed by atoms with E-state index in [9.17, 15) is 18.0 Å². The third kappa shape index (κ3) is 8.21. The molecule has 7 nitrogen and oxygen atoms in total. The molecule has 2 amide bonds. The Bertz CT molecular complexity index is 1380. The molecule has 3 rings (SSSR count). The number of sulfonamides is 1. The van der Waals surface area contributed by atoms with Gasteiger partial charge in [-0.1, -0.05) is 85.1 Å². The molecule has 0 saturated heterocycles. The molecule has 0 aliphatic rings. The number of aryl methyl sites for hydroxylation is 1. The van der Waals surface area contributed by atoms with Crippen LogP contribution in [0.2, 0.25) is 10.0 Å². The van der Waals surface area contributed by atoms with E-state index in [1.54, 1.807) is 19.1 Å². The van der Waals surface area contributed by atoms with Crippen molar-refractivity contribution < 1.29 is 18.0 Å². The molecule has 0 aliphatic heterocycles. The highest BCUT2D eigenvalue weighted by molar-refractivity contribution is 7.92. The van der Waals surface area contributed by atoms with E-state index >= 15 is 0 Å². The lowest BCUT2D eigenvalue weighted by Crippen LogP contribution is -2.51. The molecule has 208 valence electrons. The van der Waals surface area contributed by atoms with Crippen LogP contribution in [0.4, 0.5) is 5.69 Å². The predicted molar refractivity (Wildman–Crippen MR) is 156 cm³/mol. The molecule has 0 aliphatic carbocycles. The molecule has 0 fully saturated rings. The first kappa shape index (κ1) is 30.5. The van der Waals surface area contributed by atoms with Gasteiger partial charge in [0.1, 0.15) is 12.6 Å². The van der Waals surface area contributed by atoms with Gasteiger partial charge in [-0.15, -0.1) is 0 Å². The zero-order chi connectivity index (χ0) is 28.7. The van der Waals surface area contributed by atoms with Gasteiger partial charge in [-0.25, -0.2) is 8.42 Å². The lowest BCUT2D eigenvalue weighted by molar-refractivity contribution is -0.139. The molecule has 0 aromatic heterocycles. The van der Waals surface area contributed by atoms with Crippen molar-refractivity contribution in [3.8, 4) is 0 Å². The van der Waals surface area contributed by atoms with Gasteiger partial charge in [-0.2, -0.15) is 0 Å². The van der Waals surface area contributed by atoms with Crippen molar-refractivity contribution in [1.29, 1.82) is 0 Å². The maximum Gasteiger partial charge on any atom is 0.264 e. The van der Waals surface area contributed by atoms with Crippen LogP contribution in [0.1, 0.15) is 31.9 Å². The van der Waals surface area contributed by atoms with Gasteiger partial charge in [0.05, 0.1) is 10.6 Å². The van der Waals surface area contributed by atoms with Crippen LogP contribution in [0.25, 0.3) is 0 Å². The summed E-state index contributed by atoms with van der Waals surface area (Å²) in [6.45, 7) is 7.42. The summed E-state index contributed by atoms with van der Waals surface area (Å²) >= 11 is 12.4. The fraction of sp³-hybridized carbons (Fsp3) is 0.310. The molecule has 0 spiro atoms. The highest BCUT2D eigenvalue weighted by Crippen LogP contribution is 2.30. The molecular formula is C29H33Cl2N3O4S. The van der Waals surface area contributed by atoms with Gasteiger partial charge in [-0.05, 0) is 55.7 Å². The Morgan fingerprint density at radius 1 is 0.897 bits per heavy atom. The average molecular weight is 591 g/mol. The Morgan fingerprint density at radius 3 is 2.05 bits per heavy atom. The fourth-order valence-corrected chi connectivity index (χ4v) is 5.78. The monoisotopic (exact) mass is 589 g/mol. The summed E-state index contributed by atoms with van der Waals surface area (Å²) in [6.07, 6.45) is 0. The van der Waals surface area contributed by atoms with Crippen molar-refractivity contribution in [2.75, 3.05) is 17.4 Å². The molecule has 3 aromatic carbocycles. The number of anilines is 1. The number of carbonyl (C=O) groups excluding carboxylic acids is 2. The standard InChI is InChI=1S/C29H33Cl2N3O4S/c1-20(2)17-32-29(36)22(4)33(18-23-8-6-5-7-9-23)28(35)19-34(26-15-24(30)14-25(31)16-26)39(37,38)27-12-10-21(3)11-13-27/h5-16,20,22H,17-19H2,1-4H3,(H,32,36)/t22-/m0/s1. The van der Waals surface area contributed by atoms with Crippen LogP contribution in [0.5, 0.6) is 0 Å². The van der Waals surface area contributed by atoms with Gasteiger partial charge < -0.3 is 10.2 Å². The molecule has 3 aromatic rings. The summed E-state index contributed by atoms with van der Waals surface area (Å²) in [5, 5.41) is 3.30. The Labute approximate surface area is 240 Å². The summed E-state index contributed by atoms with van der Waals surface area (Å²) in [7, 11) is -4.21. The summed E-state index contributed by atoms with van der Waals surface area (Å²) in [4.78, 5) is 28.3. The van der Waals surface area contributed by atoms with Crippen LogP contribution in [-0.2, 0) is 26.2 Å². The lowest BCUT2D eigenvalue weighted by atomic mass is 10.1. The average Bonchev–Trinajstić information content (AvgIpc) is 2.88. The van der Waals surface area contributed by atoms with Crippen LogP contribution < -0.4 is 9.62 Å². The van der Waals surface area contributed by atoms with Crippen molar-refractivity contribution in [1.82, 2.24) is 10.2 Å². The molecule has 0 radical (unpaired) electrons. The van der Waals surface area contributed by atoms with Gasteiger partial charge in [0.25, 0.3) is 10.0 Å². The predicted octanol–water partition coefficient (Wildman–Crippen LogP) is 5.69. The van der Waals surface area contributed by atoms with E-state index in [1.807, 2.05) is 51.1 Å². The van der Waals surface area contributed by atoms with Gasteiger partial charge in [0.15, 0.2) is 0 Å². The van der Waals surface area contributed by atoms with Crippen LogP contribution in [0.15, 0.2) is 77.7 Å². The first-order valence-corrected chi connectivity index (χ1v) is 14.7. The number of amides is 2. The minimum atomic E-state index is -4.21. The number of nitrogens with zero attached hydrogens (tertiary/aromatic N) is 2. The Kier molecular flexibility index (Phi) is 10.4. The molecule has 0 heterocycles. The van der Waals surface area contributed by atoms with E-state index in [-0.39, 0.29) is 39.0 Å². The normalized spacial score (nSPS) is 12.2. The van der Waals surface area contributed by atoms with Gasteiger partial charge >= 0.3 is 0 Å². The van der Waals surface area contributed by atoms with Crippen molar-refractivity contribution in [2.45, 2.75) is 45.2 Å². The highest BCUT2D eigenvalue weighted by Gasteiger charge is 2.32. The van der Waals surface area contributed by atoms with Crippen molar-refractivity contribution in [3.05, 3.63) is 94.0 Å². The SMILES string of the molecule is Cc1ccc(S(=O)(=O)N(CC(=O)N(Cc2ccccc2)[C@@H](C)C(=O)NCC(C)C)c2cc(Cl)cc(Cl)c2)cc1. The molecule has 10 heteroatoms. The Balaban J connectivity index is 2.03. The summed E-state index contributed by atoms with van der Waals surface area (Å²) < 4.78 is 28.7. The molecule has 0 bridgehead atoms. The largest absolute Gasteiger partial charge is 0.354 e. The zero-order valence-electron chi connectivity index (χ0n) is 22.4. The summed E-state index contributed by atoms with van der Waals surface area (Å²) in [5.74, 6) is -0.660. The Morgan fingerprint density at radius 2 is 1.49 bits per heavy atom. The van der Waals surface area contributed by atoms with Gasteiger partial charge in [-0.3, -0.25) is 13.9 Å². The molecule has 0 unspecified atom stereocenters. The van der Waals surface area contributed by atoms with Crippen molar-refractivity contribution in [3.63, 3.8) is 0 Å². The minimum absolute atomic E-state index is 0.00864. The number of hydrogen-bond acceptors (Lipinski definition) is 4. The molecular weight excluding hydrogens is 557 g/mol. The number of halogens is 2. The number of nitrogens with one attached hydrogen (secondary N) is 1. The zero-order valence-corrected chi connectivity index (χ0v) is 24.7. The summed E-state index contributed by atoms with van der Waals surface area (Å²) in [5.41, 5.74) is 1.82. The van der Waals surface area contributed by atoms with Crippen LogP contribution >= 0.6 is 23.2 Å². The van der Waals surface area contributed by atoms with Crippen LogP contribution in [0, 0.1) is 12.8 Å². The van der Waals surface area contributed by atoms with Crippen LogP contribution in [0.3, 0.4) is 0 Å². The van der Waals surface area contributed by atoms with E-state index in [0.29, 0.717) is 6.54 Å². The minimum Gasteiger partial charge on any atom is -0.354 e. The lowest BCUT2D eigenvalue weighted by Gasteiger charge is -2.32. The molecule has 1 atom stereocenters. The maximum absolute atomic E-state index is 13.9. The topological polar surface area (TPSA) is 86.8 Å². The van der Waals surface area contributed by atoms with Gasteiger partial charge in [0, 0.05) is 23.1 Å². The first-order chi connectivity index (χ1) is 18.4. The second-order valence-corrected chi connectivity index (χ2v) is 12.5. The van der Waals surface area contributed by atoms with Crippen molar-refractivity contribution >= 4 is 50.7 Å². The van der Waals surface area contributed by atoms with Crippen LogP contribution in [-0.4, -0.2) is 44.3 Å². The highest BCUT2D eigenvalue weighted by atomic mass is 35.5. The quantitative estimate of drug-likeness (QED) is 0.311. The maximum atomic E-state index is 13.9. The summed E-state index contributed by atoms with van der Waals surface area (Å²) in [6, 6.07) is 19.0. The fourth-order valence-electron chi connectivity index (χ4n) is 3.86. The second kappa shape index (κ2) is 13.3. The number of benzene rings is 3. The molecule has 39 heavy (non-hydrogen) atoms. The first-order valence-electron chi connectivity index (χ1n) is 12.5. The Hall–Kier alpha value is -3.07. The molecule has 0 saturated carbocycles. The van der Waals surface area contributed by atoms with Crippen molar-refractivity contribution in [2.24, 2.45) is 5.92 Å². The number of hydrogen-bond donors (Lipinski definition) is 1. The van der Waals surface area contributed by atoms with Gasteiger partial charge in [0.2, 0.25) is 11.8 Å². The third-order valence-electron chi connectivity index (χ3n) is 6.07. The van der Waals surface area contributed by atoms with E-state index < -0.39 is 28.5 Å². The number of carbonyl (C=O) groups is 2. The van der Waals surface area contributed by atoms with E-state index in [1.165, 1.54) is 35.2 Å². The smallest absolute Gasteiger partial charge is 0.264 e. The number of rotatable bonds is 11.